The Hall–Kier alpha value is -2.91. The molecule has 0 unspecified atom stereocenters. The van der Waals surface area contributed by atoms with E-state index in [0.29, 0.717) is 12.0 Å². The average molecular weight is 518 g/mol. The Kier molecular flexibility index (Phi) is 11.4. The third-order valence-electron chi connectivity index (χ3n) is 5.85. The molecule has 0 aliphatic rings. The molecule has 4 nitrogen and oxygen atoms in total. The van der Waals surface area contributed by atoms with E-state index in [1.165, 1.54) is 24.3 Å². The van der Waals surface area contributed by atoms with Gasteiger partial charge in [0.1, 0.15) is 6.17 Å². The fourth-order valence-electron chi connectivity index (χ4n) is 3.66. The molecular weight excluding hydrogens is 484 g/mol. The number of rotatable bonds is 14. The van der Waals surface area contributed by atoms with Gasteiger partial charge in [-0.3, -0.25) is 4.79 Å². The zero-order valence-corrected chi connectivity index (χ0v) is 20.2. The van der Waals surface area contributed by atoms with Crippen molar-refractivity contribution in [1.82, 2.24) is 0 Å². The maximum absolute atomic E-state index is 14.7. The van der Waals surface area contributed by atoms with Crippen LogP contribution in [0.3, 0.4) is 0 Å². The van der Waals surface area contributed by atoms with E-state index in [0.717, 1.165) is 50.7 Å². The van der Waals surface area contributed by atoms with Crippen molar-refractivity contribution in [2.75, 3.05) is 16.4 Å². The van der Waals surface area contributed by atoms with Crippen LogP contribution in [0.5, 0.6) is 0 Å². The Morgan fingerprint density at radius 1 is 0.917 bits per heavy atom. The number of alkyl halides is 5. The van der Waals surface area contributed by atoms with Crippen LogP contribution in [0.1, 0.15) is 69.4 Å². The summed E-state index contributed by atoms with van der Waals surface area (Å²) in [5, 5.41) is 4.84. The predicted molar refractivity (Wildman–Crippen MR) is 131 cm³/mol. The fourth-order valence-corrected chi connectivity index (χ4v) is 3.66. The molecule has 2 rings (SSSR count). The number of carbonyl (C=O) groups is 1. The smallest absolute Gasteiger partial charge is 0.395 e. The molecule has 0 heterocycles. The van der Waals surface area contributed by atoms with Gasteiger partial charge in [-0.15, -0.1) is 0 Å². The van der Waals surface area contributed by atoms with Crippen LogP contribution in [0, 0.1) is 5.82 Å². The van der Waals surface area contributed by atoms with E-state index in [4.69, 9.17) is 5.73 Å². The second-order valence-electron chi connectivity index (χ2n) is 8.75. The minimum Gasteiger partial charge on any atom is -0.395 e. The molecule has 36 heavy (non-hydrogen) atoms. The number of nitrogen functional groups attached to an aromatic ring is 1. The van der Waals surface area contributed by atoms with Gasteiger partial charge in [0.25, 0.3) is 5.91 Å². The van der Waals surface area contributed by atoms with Gasteiger partial charge in [-0.05, 0) is 36.2 Å². The van der Waals surface area contributed by atoms with Crippen LogP contribution in [0.4, 0.5) is 43.4 Å². The first-order chi connectivity index (χ1) is 17.0. The lowest BCUT2D eigenvalue weighted by Gasteiger charge is -2.16. The monoisotopic (exact) mass is 517 g/mol. The molecular formula is C26H33F6N3O. The molecule has 2 aromatic carbocycles. The van der Waals surface area contributed by atoms with Crippen LogP contribution in [-0.2, 0) is 17.5 Å². The van der Waals surface area contributed by atoms with E-state index >= 15 is 0 Å². The van der Waals surface area contributed by atoms with E-state index in [2.05, 4.69) is 17.6 Å². The zero-order chi connectivity index (χ0) is 26.7. The van der Waals surface area contributed by atoms with Gasteiger partial charge in [-0.1, -0.05) is 64.0 Å². The zero-order valence-electron chi connectivity index (χ0n) is 20.2. The van der Waals surface area contributed by atoms with E-state index in [9.17, 15) is 31.1 Å². The van der Waals surface area contributed by atoms with Crippen LogP contribution in [0.25, 0.3) is 0 Å². The van der Waals surface area contributed by atoms with Crippen LogP contribution in [-0.4, -0.2) is 18.3 Å². The SMILES string of the molecule is CCCCCCCCC[C@@H](F)[C@H](F)C(=O)Nc1ccc(NCc2ccc(C(F)(F)F)cc2)c(F)c1N. The van der Waals surface area contributed by atoms with Gasteiger partial charge < -0.3 is 16.4 Å². The predicted octanol–water partition coefficient (Wildman–Crippen LogP) is 7.79. The number of nitrogens with two attached hydrogens (primary N) is 1. The third kappa shape index (κ3) is 8.95. The maximum atomic E-state index is 14.7. The molecule has 4 N–H and O–H groups in total. The summed E-state index contributed by atoms with van der Waals surface area (Å²) in [5.41, 5.74) is 4.64. The normalized spacial score (nSPS) is 13.3. The van der Waals surface area contributed by atoms with Crippen molar-refractivity contribution in [3.63, 3.8) is 0 Å². The first kappa shape index (κ1) is 29.3. The third-order valence-corrected chi connectivity index (χ3v) is 5.85. The standard InChI is InChI=1S/C26H33F6N3O/c1-2-3-4-5-6-7-8-9-19(27)22(28)25(36)35-21-15-14-20(23(29)24(21)33)34-16-17-10-12-18(13-11-17)26(30,31)32/h10-15,19,22,34H,2-9,16,33H2,1H3,(H,35,36)/t19-,22+/m1/s1. The Bertz CT molecular complexity index is 965. The minimum absolute atomic E-state index is 0.00882. The molecule has 10 heteroatoms. The lowest BCUT2D eigenvalue weighted by molar-refractivity contribution is -0.137. The number of benzene rings is 2. The lowest BCUT2D eigenvalue weighted by atomic mass is 10.0. The van der Waals surface area contributed by atoms with Gasteiger partial charge >= 0.3 is 6.18 Å². The molecule has 0 spiro atoms. The number of unbranched alkanes of at least 4 members (excludes halogenated alkanes) is 6. The van der Waals surface area contributed by atoms with Crippen molar-refractivity contribution < 1.29 is 31.1 Å². The van der Waals surface area contributed by atoms with Gasteiger partial charge in [-0.25, -0.2) is 13.2 Å². The van der Waals surface area contributed by atoms with Crippen molar-refractivity contribution >= 4 is 23.0 Å². The minimum atomic E-state index is -4.46. The summed E-state index contributed by atoms with van der Waals surface area (Å²) in [7, 11) is 0. The van der Waals surface area contributed by atoms with E-state index in [1.807, 2.05) is 0 Å². The molecule has 0 bridgehead atoms. The molecule has 2 aromatic rings. The lowest BCUT2D eigenvalue weighted by Crippen LogP contribution is -2.32. The first-order valence-electron chi connectivity index (χ1n) is 12.1. The topological polar surface area (TPSA) is 67.2 Å². The van der Waals surface area contributed by atoms with Crippen LogP contribution < -0.4 is 16.4 Å². The molecule has 0 saturated carbocycles. The van der Waals surface area contributed by atoms with Crippen LogP contribution in [0.15, 0.2) is 36.4 Å². The van der Waals surface area contributed by atoms with Gasteiger partial charge in [0.15, 0.2) is 5.82 Å². The maximum Gasteiger partial charge on any atom is 0.416 e. The number of halogens is 6. The quantitative estimate of drug-likeness (QED) is 0.136. The summed E-state index contributed by atoms with van der Waals surface area (Å²) in [6.07, 6.45) is -2.32. The second-order valence-corrected chi connectivity index (χ2v) is 8.75. The summed E-state index contributed by atoms with van der Waals surface area (Å²) in [6.45, 7) is 2.12. The molecule has 1 amide bonds. The summed E-state index contributed by atoms with van der Waals surface area (Å²) in [5.74, 6) is -2.18. The molecule has 0 aliphatic heterocycles. The van der Waals surface area contributed by atoms with Crippen molar-refractivity contribution in [2.45, 2.75) is 83.4 Å². The van der Waals surface area contributed by atoms with Gasteiger partial charge in [0, 0.05) is 6.54 Å². The number of hydrogen-bond donors (Lipinski definition) is 3. The van der Waals surface area contributed by atoms with Crippen molar-refractivity contribution in [2.24, 2.45) is 0 Å². The van der Waals surface area contributed by atoms with Crippen LogP contribution in [0.2, 0.25) is 0 Å². The Labute approximate surface area is 207 Å². The van der Waals surface area contributed by atoms with E-state index < -0.39 is 41.5 Å². The van der Waals surface area contributed by atoms with Crippen LogP contribution >= 0.6 is 0 Å². The highest BCUT2D eigenvalue weighted by Gasteiger charge is 2.30. The second kappa shape index (κ2) is 14.0. The number of nitrogens with one attached hydrogen (secondary N) is 2. The summed E-state index contributed by atoms with van der Waals surface area (Å²) in [6, 6.07) is 6.82. The van der Waals surface area contributed by atoms with Gasteiger partial charge in [0.2, 0.25) is 6.17 Å². The van der Waals surface area contributed by atoms with Gasteiger partial charge in [-0.2, -0.15) is 13.2 Å². The van der Waals surface area contributed by atoms with E-state index in [1.54, 1.807) is 0 Å². The molecule has 200 valence electrons. The molecule has 0 saturated heterocycles. The first-order valence-corrected chi connectivity index (χ1v) is 12.1. The van der Waals surface area contributed by atoms with E-state index in [-0.39, 0.29) is 24.3 Å². The summed E-state index contributed by atoms with van der Waals surface area (Å²) in [4.78, 5) is 12.1. The van der Waals surface area contributed by atoms with Crippen molar-refractivity contribution in [3.05, 3.63) is 53.3 Å². The fraction of sp³-hybridized carbons (Fsp3) is 0.500. The largest absolute Gasteiger partial charge is 0.416 e. The summed E-state index contributed by atoms with van der Waals surface area (Å²) >= 11 is 0. The molecule has 2 atom stereocenters. The molecule has 0 fully saturated rings. The van der Waals surface area contributed by atoms with Crippen molar-refractivity contribution in [1.29, 1.82) is 0 Å². The number of anilines is 3. The Morgan fingerprint density at radius 3 is 2.11 bits per heavy atom. The average Bonchev–Trinajstić information content (AvgIpc) is 2.84. The Balaban J connectivity index is 1.87. The highest BCUT2D eigenvalue weighted by atomic mass is 19.4. The molecule has 0 radical (unpaired) electrons. The van der Waals surface area contributed by atoms with Gasteiger partial charge in [0.05, 0.1) is 22.6 Å². The molecule has 0 aromatic heterocycles. The highest BCUT2D eigenvalue weighted by Crippen LogP contribution is 2.31. The highest BCUT2D eigenvalue weighted by molar-refractivity contribution is 5.97. The molecule has 0 aliphatic carbocycles. The Morgan fingerprint density at radius 2 is 1.50 bits per heavy atom. The number of amides is 1. The van der Waals surface area contributed by atoms with Crippen molar-refractivity contribution in [3.8, 4) is 0 Å². The summed E-state index contributed by atoms with van der Waals surface area (Å²) < 4.78 is 81.0. The number of hydrogen-bond acceptors (Lipinski definition) is 3. The number of carbonyl (C=O) groups excluding carboxylic acids is 1.